The Morgan fingerprint density at radius 1 is 0.895 bits per heavy atom. The minimum Gasteiger partial charge on any atom is -0.289 e. The molecule has 0 radical (unpaired) electrons. The van der Waals surface area contributed by atoms with Crippen LogP contribution >= 0.6 is 0 Å². The topological polar surface area (TPSA) is 3.24 Å². The molecule has 0 aliphatic carbocycles. The Bertz CT molecular complexity index is 448. The Balaban J connectivity index is 2.10. The molecule has 0 saturated carbocycles. The minimum atomic E-state index is 0.361. The Kier molecular flexibility index (Phi) is 4.93. The van der Waals surface area contributed by atoms with Crippen LogP contribution in [0.25, 0.3) is 0 Å². The van der Waals surface area contributed by atoms with Crippen LogP contribution in [-0.2, 0) is 13.1 Å². The molecule has 0 bridgehead atoms. The first kappa shape index (κ1) is 13.6. The van der Waals surface area contributed by atoms with Crippen molar-refractivity contribution < 1.29 is 0 Å². The highest BCUT2D eigenvalue weighted by atomic mass is 15.1. The average Bonchev–Trinajstić information content (AvgIpc) is 2.48. The van der Waals surface area contributed by atoms with Gasteiger partial charge in [-0.25, -0.2) is 0 Å². The van der Waals surface area contributed by atoms with Gasteiger partial charge in [-0.05, 0) is 18.1 Å². The van der Waals surface area contributed by atoms with Gasteiger partial charge in [-0.15, -0.1) is 6.58 Å². The zero-order valence-corrected chi connectivity index (χ0v) is 11.5. The van der Waals surface area contributed by atoms with Gasteiger partial charge in [-0.3, -0.25) is 4.90 Å². The lowest BCUT2D eigenvalue weighted by Gasteiger charge is -2.27. The molecule has 0 aromatic heterocycles. The molecule has 0 saturated heterocycles. The third-order valence-electron chi connectivity index (χ3n) is 3.37. The maximum Gasteiger partial charge on any atom is 0.0254 e. The first-order valence-corrected chi connectivity index (χ1v) is 6.74. The molecular formula is C18H21N. The van der Waals surface area contributed by atoms with Crippen LogP contribution in [0.1, 0.15) is 18.1 Å². The molecule has 0 fully saturated rings. The van der Waals surface area contributed by atoms with E-state index in [9.17, 15) is 0 Å². The van der Waals surface area contributed by atoms with Gasteiger partial charge in [0, 0.05) is 19.1 Å². The molecule has 0 amide bonds. The summed E-state index contributed by atoms with van der Waals surface area (Å²) in [6, 6.07) is 21.5. The predicted octanol–water partition coefficient (Wildman–Crippen LogP) is 4.26. The van der Waals surface area contributed by atoms with Crippen LogP contribution in [0.15, 0.2) is 73.3 Å². The van der Waals surface area contributed by atoms with Crippen LogP contribution in [0.2, 0.25) is 0 Å². The lowest BCUT2D eigenvalue weighted by Crippen LogP contribution is -2.30. The summed E-state index contributed by atoms with van der Waals surface area (Å²) in [4.78, 5) is 2.43. The van der Waals surface area contributed by atoms with Crippen LogP contribution in [0.5, 0.6) is 0 Å². The highest BCUT2D eigenvalue weighted by molar-refractivity contribution is 5.17. The quantitative estimate of drug-likeness (QED) is 0.693. The third-order valence-corrected chi connectivity index (χ3v) is 3.37. The van der Waals surface area contributed by atoms with E-state index in [4.69, 9.17) is 0 Å². The number of hydrogen-bond acceptors (Lipinski definition) is 1. The van der Waals surface area contributed by atoms with Gasteiger partial charge in [-0.1, -0.05) is 66.7 Å². The van der Waals surface area contributed by atoms with Crippen LogP contribution < -0.4 is 0 Å². The van der Waals surface area contributed by atoms with E-state index in [-0.39, 0.29) is 0 Å². The molecule has 2 aromatic rings. The molecule has 0 spiro atoms. The fourth-order valence-corrected chi connectivity index (χ4v) is 2.13. The van der Waals surface area contributed by atoms with Gasteiger partial charge < -0.3 is 0 Å². The molecule has 19 heavy (non-hydrogen) atoms. The predicted molar refractivity (Wildman–Crippen MR) is 81.8 cm³/mol. The largest absolute Gasteiger partial charge is 0.289 e. The van der Waals surface area contributed by atoms with Crippen molar-refractivity contribution in [2.24, 2.45) is 0 Å². The summed E-state index contributed by atoms with van der Waals surface area (Å²) in [5, 5.41) is 0. The summed E-state index contributed by atoms with van der Waals surface area (Å²) >= 11 is 0. The van der Waals surface area contributed by atoms with Crippen molar-refractivity contribution in [2.75, 3.05) is 0 Å². The zero-order valence-electron chi connectivity index (χ0n) is 11.5. The van der Waals surface area contributed by atoms with Crippen molar-refractivity contribution in [3.63, 3.8) is 0 Å². The Morgan fingerprint density at radius 2 is 1.32 bits per heavy atom. The fraction of sp³-hybridized carbons (Fsp3) is 0.222. The monoisotopic (exact) mass is 251 g/mol. The van der Waals surface area contributed by atoms with Gasteiger partial charge >= 0.3 is 0 Å². The van der Waals surface area contributed by atoms with Crippen LogP contribution in [0.3, 0.4) is 0 Å². The molecule has 1 atom stereocenters. The van der Waals surface area contributed by atoms with E-state index in [0.717, 1.165) is 13.1 Å². The van der Waals surface area contributed by atoms with Gasteiger partial charge in [0.15, 0.2) is 0 Å². The lowest BCUT2D eigenvalue weighted by molar-refractivity contribution is 0.223. The first-order valence-electron chi connectivity index (χ1n) is 6.74. The van der Waals surface area contributed by atoms with E-state index in [1.54, 1.807) is 0 Å². The normalized spacial score (nSPS) is 12.3. The molecule has 98 valence electrons. The molecule has 2 rings (SSSR count). The maximum absolute atomic E-state index is 3.92. The second-order valence-corrected chi connectivity index (χ2v) is 4.85. The van der Waals surface area contributed by atoms with Crippen molar-refractivity contribution in [1.29, 1.82) is 0 Å². The second kappa shape index (κ2) is 6.91. The summed E-state index contributed by atoms with van der Waals surface area (Å²) in [7, 11) is 0. The Morgan fingerprint density at radius 3 is 1.68 bits per heavy atom. The van der Waals surface area contributed by atoms with E-state index >= 15 is 0 Å². The van der Waals surface area contributed by atoms with Crippen LogP contribution in [0.4, 0.5) is 0 Å². The smallest absolute Gasteiger partial charge is 0.0254 e. The molecular weight excluding hydrogens is 230 g/mol. The summed E-state index contributed by atoms with van der Waals surface area (Å²) in [6.07, 6.45) is 2.01. The Hall–Kier alpha value is -1.86. The van der Waals surface area contributed by atoms with E-state index in [1.807, 2.05) is 6.08 Å². The van der Waals surface area contributed by atoms with Gasteiger partial charge in [0.25, 0.3) is 0 Å². The zero-order chi connectivity index (χ0) is 13.5. The summed E-state index contributed by atoms with van der Waals surface area (Å²) in [5.41, 5.74) is 2.68. The number of benzene rings is 2. The minimum absolute atomic E-state index is 0.361. The molecule has 0 unspecified atom stereocenters. The maximum atomic E-state index is 3.92. The van der Waals surface area contributed by atoms with Crippen LogP contribution in [0, 0.1) is 0 Å². The highest BCUT2D eigenvalue weighted by Crippen LogP contribution is 2.13. The summed E-state index contributed by atoms with van der Waals surface area (Å²) < 4.78 is 0. The fourth-order valence-electron chi connectivity index (χ4n) is 2.13. The third kappa shape index (κ3) is 4.08. The standard InChI is InChI=1S/C18H21N/c1-3-16(2)19(14-17-10-6-4-7-11-17)15-18-12-8-5-9-13-18/h3-13,16H,1,14-15H2,2H3/t16-/m0/s1. The van der Waals surface area contributed by atoms with Gasteiger partial charge in [0.05, 0.1) is 0 Å². The molecule has 0 aliphatic heterocycles. The summed E-state index contributed by atoms with van der Waals surface area (Å²) in [5.74, 6) is 0. The van der Waals surface area contributed by atoms with Crippen molar-refractivity contribution in [3.8, 4) is 0 Å². The first-order chi connectivity index (χ1) is 9.29. The van der Waals surface area contributed by atoms with Crippen molar-refractivity contribution in [2.45, 2.75) is 26.1 Å². The SMILES string of the molecule is C=C[C@H](C)N(Cc1ccccc1)Cc1ccccc1. The van der Waals surface area contributed by atoms with Crippen molar-refractivity contribution in [1.82, 2.24) is 4.90 Å². The molecule has 2 aromatic carbocycles. The number of nitrogens with zero attached hydrogens (tertiary/aromatic N) is 1. The van der Waals surface area contributed by atoms with Gasteiger partial charge in [0.1, 0.15) is 0 Å². The average molecular weight is 251 g/mol. The second-order valence-electron chi connectivity index (χ2n) is 4.85. The molecule has 0 N–H and O–H groups in total. The number of rotatable bonds is 6. The van der Waals surface area contributed by atoms with E-state index in [1.165, 1.54) is 11.1 Å². The van der Waals surface area contributed by atoms with Gasteiger partial charge in [-0.2, -0.15) is 0 Å². The van der Waals surface area contributed by atoms with Crippen LogP contribution in [-0.4, -0.2) is 10.9 Å². The van der Waals surface area contributed by atoms with E-state index in [2.05, 4.69) is 79.1 Å². The highest BCUT2D eigenvalue weighted by Gasteiger charge is 2.11. The van der Waals surface area contributed by atoms with Crippen molar-refractivity contribution in [3.05, 3.63) is 84.4 Å². The number of hydrogen-bond donors (Lipinski definition) is 0. The molecule has 0 aliphatic rings. The van der Waals surface area contributed by atoms with E-state index < -0.39 is 0 Å². The summed E-state index contributed by atoms with van der Waals surface area (Å²) in [6.45, 7) is 8.01. The molecule has 1 heteroatoms. The lowest BCUT2D eigenvalue weighted by atomic mass is 10.1. The Labute approximate surface area is 116 Å². The molecule has 1 nitrogen and oxygen atoms in total. The van der Waals surface area contributed by atoms with Crippen molar-refractivity contribution >= 4 is 0 Å². The van der Waals surface area contributed by atoms with Gasteiger partial charge in [0.2, 0.25) is 0 Å². The molecule has 0 heterocycles. The van der Waals surface area contributed by atoms with E-state index in [0.29, 0.717) is 6.04 Å².